The molecule has 1 amide bonds. The molecule has 2 aromatic heterocycles. The molecule has 5 N–H and O–H groups in total. The smallest absolute Gasteiger partial charge is 0.455 e. The molecule has 0 saturated carbocycles. The van der Waals surface area contributed by atoms with Crippen molar-refractivity contribution < 1.29 is 30.8 Å². The van der Waals surface area contributed by atoms with E-state index in [0.29, 0.717) is 27.7 Å². The number of aromatic nitrogens is 2. The van der Waals surface area contributed by atoms with Gasteiger partial charge in [-0.05, 0) is 52.2 Å². The third-order valence-corrected chi connectivity index (χ3v) is 7.42. The van der Waals surface area contributed by atoms with Crippen LogP contribution in [0.4, 0.5) is 24.7 Å². The number of hydrogen-bond donors (Lipinski definition) is 3. The minimum absolute atomic E-state index is 0.0433. The van der Waals surface area contributed by atoms with Crippen LogP contribution in [-0.2, 0) is 23.0 Å². The van der Waals surface area contributed by atoms with E-state index in [1.807, 2.05) is 6.92 Å². The second kappa shape index (κ2) is 9.74. The van der Waals surface area contributed by atoms with Crippen molar-refractivity contribution in [2.24, 2.45) is 5.73 Å². The maximum absolute atomic E-state index is 13.0. The number of para-hydroxylation sites is 1. The summed E-state index contributed by atoms with van der Waals surface area (Å²) in [7, 11) is -5.65. The highest BCUT2D eigenvalue weighted by Crippen LogP contribution is 2.42. The van der Waals surface area contributed by atoms with Crippen molar-refractivity contribution in [2.45, 2.75) is 31.8 Å². The molecule has 0 aliphatic heterocycles. The lowest BCUT2D eigenvalue weighted by Crippen LogP contribution is -2.30. The van der Waals surface area contributed by atoms with E-state index in [-0.39, 0.29) is 35.1 Å². The Morgan fingerprint density at radius 1 is 1.22 bits per heavy atom. The van der Waals surface area contributed by atoms with E-state index in [2.05, 4.69) is 20.9 Å². The fourth-order valence-electron chi connectivity index (χ4n) is 3.91. The molecule has 0 unspecified atom stereocenters. The molecule has 0 fully saturated rings. The maximum Gasteiger partial charge on any atom is 0.516 e. The number of benzene rings is 2. The molecule has 0 radical (unpaired) electrons. The van der Waals surface area contributed by atoms with Crippen LogP contribution in [0.1, 0.15) is 35.2 Å². The number of imidazole rings is 1. The Labute approximate surface area is 217 Å². The van der Waals surface area contributed by atoms with Gasteiger partial charge in [-0.1, -0.05) is 25.1 Å². The normalized spacial score (nSPS) is 12.2. The average Bonchev–Trinajstić information content (AvgIpc) is 3.29. The van der Waals surface area contributed by atoms with E-state index in [0.717, 1.165) is 12.0 Å². The van der Waals surface area contributed by atoms with Gasteiger partial charge in [0.15, 0.2) is 17.3 Å². The molecular formula is C23H21BrF3N5O4S. The molecule has 0 spiro atoms. The fraction of sp³-hybridized carbons (Fsp3) is 0.217. The van der Waals surface area contributed by atoms with Gasteiger partial charge in [0.2, 0.25) is 0 Å². The third kappa shape index (κ3) is 5.03. The Bertz CT molecular complexity index is 1610. The summed E-state index contributed by atoms with van der Waals surface area (Å²) in [5.41, 5.74) is 6.99. The zero-order chi connectivity index (χ0) is 27.1. The summed E-state index contributed by atoms with van der Waals surface area (Å²) >= 11 is 3.44. The number of nitrogens with one attached hydrogen (secondary N) is 1. The van der Waals surface area contributed by atoms with Gasteiger partial charge in [0.05, 0.1) is 10.2 Å². The minimum atomic E-state index is -5.65. The molecule has 0 saturated heterocycles. The SMILES string of the molecule is CCCc1nc(N)c(C(N)=O)n1Cc1ccc2oc(-c3ccccc3NS(=O)(=O)C(F)(F)F)c(Br)c2c1. The van der Waals surface area contributed by atoms with Crippen LogP contribution < -0.4 is 16.2 Å². The average molecular weight is 600 g/mol. The van der Waals surface area contributed by atoms with Crippen molar-refractivity contribution in [3.63, 3.8) is 0 Å². The Kier molecular flexibility index (Phi) is 6.99. The van der Waals surface area contributed by atoms with Crippen LogP contribution in [0.3, 0.4) is 0 Å². The number of aryl methyl sites for hydroxylation is 1. The Balaban J connectivity index is 1.77. The quantitative estimate of drug-likeness (QED) is 0.260. The predicted octanol–water partition coefficient (Wildman–Crippen LogP) is 5.00. The summed E-state index contributed by atoms with van der Waals surface area (Å²) in [5, 5.41) is 0.576. The number of halogens is 4. The van der Waals surface area contributed by atoms with Crippen molar-refractivity contribution >= 4 is 54.3 Å². The first-order valence-corrected chi connectivity index (χ1v) is 13.2. The van der Waals surface area contributed by atoms with Gasteiger partial charge < -0.3 is 20.5 Å². The summed E-state index contributed by atoms with van der Waals surface area (Å²) in [6.07, 6.45) is 1.34. The van der Waals surface area contributed by atoms with Crippen molar-refractivity contribution in [2.75, 3.05) is 10.5 Å². The van der Waals surface area contributed by atoms with E-state index >= 15 is 0 Å². The zero-order valence-corrected chi connectivity index (χ0v) is 21.7. The number of fused-ring (bicyclic) bond motifs is 1. The summed E-state index contributed by atoms with van der Waals surface area (Å²) in [5.74, 6) is 0.0653. The fourth-order valence-corrected chi connectivity index (χ4v) is 5.09. The van der Waals surface area contributed by atoms with Crippen LogP contribution in [0.25, 0.3) is 22.3 Å². The summed E-state index contributed by atoms with van der Waals surface area (Å²) in [6.45, 7) is 2.19. The van der Waals surface area contributed by atoms with Gasteiger partial charge in [0.1, 0.15) is 11.4 Å². The second-order valence-corrected chi connectivity index (χ2v) is 10.6. The van der Waals surface area contributed by atoms with Crippen molar-refractivity contribution in [3.05, 3.63) is 64.0 Å². The Morgan fingerprint density at radius 3 is 2.57 bits per heavy atom. The molecule has 2 aromatic carbocycles. The van der Waals surface area contributed by atoms with E-state index in [1.165, 1.54) is 24.3 Å². The number of anilines is 2. The Morgan fingerprint density at radius 2 is 1.92 bits per heavy atom. The van der Waals surface area contributed by atoms with E-state index in [4.69, 9.17) is 15.9 Å². The number of sulfonamides is 1. The van der Waals surface area contributed by atoms with Gasteiger partial charge in [0, 0.05) is 23.9 Å². The summed E-state index contributed by atoms with van der Waals surface area (Å²) in [4.78, 5) is 16.3. The molecule has 196 valence electrons. The first kappa shape index (κ1) is 26.5. The number of furan rings is 1. The molecule has 14 heteroatoms. The maximum atomic E-state index is 13.0. The van der Waals surface area contributed by atoms with Crippen LogP contribution in [0.2, 0.25) is 0 Å². The molecule has 0 aliphatic carbocycles. The first-order valence-electron chi connectivity index (χ1n) is 10.9. The van der Waals surface area contributed by atoms with Crippen molar-refractivity contribution in [1.29, 1.82) is 0 Å². The molecule has 0 aliphatic rings. The number of nitrogen functional groups attached to an aromatic ring is 1. The highest BCUT2D eigenvalue weighted by Gasteiger charge is 2.46. The van der Waals surface area contributed by atoms with Crippen molar-refractivity contribution in [1.82, 2.24) is 9.55 Å². The van der Waals surface area contributed by atoms with Crippen LogP contribution in [0.5, 0.6) is 0 Å². The number of amides is 1. The highest BCUT2D eigenvalue weighted by molar-refractivity contribution is 9.10. The van der Waals surface area contributed by atoms with Gasteiger partial charge in [-0.3, -0.25) is 9.52 Å². The topological polar surface area (TPSA) is 146 Å². The van der Waals surface area contributed by atoms with Gasteiger partial charge in [-0.15, -0.1) is 0 Å². The molecule has 9 nitrogen and oxygen atoms in total. The van der Waals surface area contributed by atoms with Crippen molar-refractivity contribution in [3.8, 4) is 11.3 Å². The standard InChI is InChI=1S/C23H21BrF3N5O4S/c1-2-5-17-30-21(28)19(22(29)33)32(17)11-12-8-9-16-14(10-12)18(24)20(36-16)13-6-3-4-7-15(13)31-37(34,35)23(25,26)27/h3-4,6-10,31H,2,5,11,28H2,1H3,(H2,29,33). The molecule has 37 heavy (non-hydrogen) atoms. The van der Waals surface area contributed by atoms with E-state index in [9.17, 15) is 26.4 Å². The van der Waals surface area contributed by atoms with Gasteiger partial charge in [-0.25, -0.2) is 4.98 Å². The summed E-state index contributed by atoms with van der Waals surface area (Å²) < 4.78 is 71.8. The van der Waals surface area contributed by atoms with Crippen LogP contribution in [-0.4, -0.2) is 29.4 Å². The lowest BCUT2D eigenvalue weighted by atomic mass is 10.1. The number of nitrogens with zero attached hydrogens (tertiary/aromatic N) is 2. The number of rotatable bonds is 8. The lowest BCUT2D eigenvalue weighted by Gasteiger charge is -2.13. The number of carbonyl (C=O) groups is 1. The number of alkyl halides is 3. The second-order valence-electron chi connectivity index (χ2n) is 8.13. The molecule has 0 atom stereocenters. The number of carbonyl (C=O) groups excluding carboxylic acids is 1. The van der Waals surface area contributed by atoms with Crippen LogP contribution >= 0.6 is 15.9 Å². The van der Waals surface area contributed by atoms with Crippen LogP contribution in [0, 0.1) is 0 Å². The zero-order valence-electron chi connectivity index (χ0n) is 19.3. The monoisotopic (exact) mass is 599 g/mol. The Hall–Kier alpha value is -3.52. The van der Waals surface area contributed by atoms with E-state index in [1.54, 1.807) is 27.5 Å². The number of hydrogen-bond acceptors (Lipinski definition) is 6. The summed E-state index contributed by atoms with van der Waals surface area (Å²) in [6, 6.07) is 10.7. The highest BCUT2D eigenvalue weighted by atomic mass is 79.9. The molecule has 0 bridgehead atoms. The number of nitrogens with two attached hydrogens (primary N) is 2. The molecule has 4 rings (SSSR count). The predicted molar refractivity (Wildman–Crippen MR) is 136 cm³/mol. The van der Waals surface area contributed by atoms with Crippen LogP contribution in [0.15, 0.2) is 51.4 Å². The molecular weight excluding hydrogens is 579 g/mol. The minimum Gasteiger partial charge on any atom is -0.455 e. The van der Waals surface area contributed by atoms with Gasteiger partial charge >= 0.3 is 15.5 Å². The first-order chi connectivity index (χ1) is 17.3. The third-order valence-electron chi connectivity index (χ3n) is 5.53. The lowest BCUT2D eigenvalue weighted by molar-refractivity contribution is -0.0429. The van der Waals surface area contributed by atoms with E-state index < -0.39 is 21.4 Å². The molecule has 2 heterocycles. The van der Waals surface area contributed by atoms with Gasteiger partial charge in [0.25, 0.3) is 5.91 Å². The number of primary amides is 1. The largest absolute Gasteiger partial charge is 0.516 e. The van der Waals surface area contributed by atoms with Gasteiger partial charge in [-0.2, -0.15) is 21.6 Å². The molecule has 4 aromatic rings.